The van der Waals surface area contributed by atoms with Crippen LogP contribution in [0.25, 0.3) is 0 Å². The second-order valence-corrected chi connectivity index (χ2v) is 3.46. The molecule has 0 fully saturated rings. The lowest BCUT2D eigenvalue weighted by Gasteiger charge is -2.08. The number of amides is 1. The first-order chi connectivity index (χ1) is 8.18. The first kappa shape index (κ1) is 13.5. The molecule has 0 spiro atoms. The number of ether oxygens (including phenoxy) is 2. The third-order valence-electron chi connectivity index (χ3n) is 1.94. The number of aliphatic hydroxyl groups is 1. The molecule has 0 aliphatic carbocycles. The van der Waals surface area contributed by atoms with E-state index in [1.165, 1.54) is 6.92 Å². The molecule has 1 aromatic carbocycles. The van der Waals surface area contributed by atoms with E-state index in [0.29, 0.717) is 6.54 Å². The number of carbonyl (C=O) groups excluding carboxylic acids is 1. The Labute approximate surface area is 100 Å². The van der Waals surface area contributed by atoms with Crippen LogP contribution < -0.4 is 5.32 Å². The largest absolute Gasteiger partial charge is 0.445 e. The standard InChI is InChI=1S/C12H17NO4/c1-10(14)16-8-7-13-12(15)17-9-11-5-3-2-4-6-11/h2-6,10,14H,7-9H2,1H3,(H,13,15). The van der Waals surface area contributed by atoms with Crippen molar-refractivity contribution in [1.82, 2.24) is 5.32 Å². The number of hydrogen-bond donors (Lipinski definition) is 2. The van der Waals surface area contributed by atoms with Crippen LogP contribution in [-0.2, 0) is 16.1 Å². The number of nitrogens with one attached hydrogen (secondary N) is 1. The molecule has 0 bridgehead atoms. The van der Waals surface area contributed by atoms with Crippen LogP contribution in [0.15, 0.2) is 30.3 Å². The van der Waals surface area contributed by atoms with Gasteiger partial charge in [0.25, 0.3) is 0 Å². The van der Waals surface area contributed by atoms with Crippen molar-refractivity contribution in [2.45, 2.75) is 19.8 Å². The number of benzene rings is 1. The minimum absolute atomic E-state index is 0.240. The minimum atomic E-state index is -0.822. The van der Waals surface area contributed by atoms with Gasteiger partial charge in [-0.1, -0.05) is 30.3 Å². The van der Waals surface area contributed by atoms with Crippen LogP contribution in [0.1, 0.15) is 12.5 Å². The molecule has 2 N–H and O–H groups in total. The zero-order valence-corrected chi connectivity index (χ0v) is 9.76. The summed E-state index contributed by atoms with van der Waals surface area (Å²) in [5.41, 5.74) is 0.933. The average molecular weight is 239 g/mol. The molecule has 0 saturated heterocycles. The van der Waals surface area contributed by atoms with Gasteiger partial charge in [-0.2, -0.15) is 0 Å². The molecule has 0 heterocycles. The van der Waals surface area contributed by atoms with Crippen LogP contribution in [0, 0.1) is 0 Å². The van der Waals surface area contributed by atoms with E-state index in [-0.39, 0.29) is 13.2 Å². The van der Waals surface area contributed by atoms with Gasteiger partial charge in [0.1, 0.15) is 6.61 Å². The summed E-state index contributed by atoms with van der Waals surface area (Å²) in [5.74, 6) is 0. The maximum Gasteiger partial charge on any atom is 0.407 e. The Kier molecular flexibility index (Phi) is 6.06. The summed E-state index contributed by atoms with van der Waals surface area (Å²) in [6, 6.07) is 9.42. The van der Waals surface area contributed by atoms with Gasteiger partial charge in [0.15, 0.2) is 6.29 Å². The second-order valence-electron chi connectivity index (χ2n) is 3.46. The van der Waals surface area contributed by atoms with Crippen molar-refractivity contribution in [3.63, 3.8) is 0 Å². The van der Waals surface area contributed by atoms with Crippen molar-refractivity contribution in [1.29, 1.82) is 0 Å². The first-order valence-corrected chi connectivity index (χ1v) is 5.42. The summed E-state index contributed by atoms with van der Waals surface area (Å²) < 4.78 is 9.81. The Balaban J connectivity index is 2.09. The lowest BCUT2D eigenvalue weighted by molar-refractivity contribution is -0.0833. The van der Waals surface area contributed by atoms with Crippen LogP contribution in [0.4, 0.5) is 4.79 Å². The zero-order valence-electron chi connectivity index (χ0n) is 9.76. The van der Waals surface area contributed by atoms with Crippen molar-refractivity contribution in [3.8, 4) is 0 Å². The Morgan fingerprint density at radius 3 is 2.76 bits per heavy atom. The van der Waals surface area contributed by atoms with Gasteiger partial charge < -0.3 is 19.9 Å². The van der Waals surface area contributed by atoms with Crippen molar-refractivity contribution in [2.24, 2.45) is 0 Å². The fraction of sp³-hybridized carbons (Fsp3) is 0.417. The van der Waals surface area contributed by atoms with Crippen molar-refractivity contribution >= 4 is 6.09 Å². The van der Waals surface area contributed by atoms with E-state index in [0.717, 1.165) is 5.56 Å². The van der Waals surface area contributed by atoms with Crippen LogP contribution in [0.3, 0.4) is 0 Å². The predicted molar refractivity (Wildman–Crippen MR) is 62.3 cm³/mol. The van der Waals surface area contributed by atoms with Crippen molar-refractivity contribution in [3.05, 3.63) is 35.9 Å². The lowest BCUT2D eigenvalue weighted by atomic mass is 10.2. The molecule has 1 aromatic rings. The van der Waals surface area contributed by atoms with E-state index in [1.807, 2.05) is 30.3 Å². The molecule has 1 amide bonds. The maximum atomic E-state index is 11.2. The summed E-state index contributed by atoms with van der Waals surface area (Å²) in [5, 5.41) is 11.3. The highest BCUT2D eigenvalue weighted by Crippen LogP contribution is 2.00. The molecular weight excluding hydrogens is 222 g/mol. The molecule has 5 heteroatoms. The number of carbonyl (C=O) groups is 1. The van der Waals surface area contributed by atoms with Gasteiger partial charge in [-0.25, -0.2) is 4.79 Å². The Hall–Kier alpha value is -1.59. The lowest BCUT2D eigenvalue weighted by Crippen LogP contribution is -2.28. The van der Waals surface area contributed by atoms with Crippen LogP contribution in [0.2, 0.25) is 0 Å². The van der Waals surface area contributed by atoms with E-state index in [9.17, 15) is 4.79 Å². The van der Waals surface area contributed by atoms with E-state index in [1.54, 1.807) is 0 Å². The number of alkyl carbamates (subject to hydrolysis) is 1. The highest BCUT2D eigenvalue weighted by atomic mass is 16.6. The van der Waals surface area contributed by atoms with E-state index in [4.69, 9.17) is 14.6 Å². The minimum Gasteiger partial charge on any atom is -0.445 e. The normalized spacial score (nSPS) is 11.9. The van der Waals surface area contributed by atoms with Crippen LogP contribution >= 0.6 is 0 Å². The molecule has 0 radical (unpaired) electrons. The van der Waals surface area contributed by atoms with Crippen molar-refractivity contribution in [2.75, 3.05) is 13.2 Å². The Morgan fingerprint density at radius 2 is 2.12 bits per heavy atom. The highest BCUT2D eigenvalue weighted by molar-refractivity contribution is 5.67. The smallest absolute Gasteiger partial charge is 0.407 e. The number of hydrogen-bond acceptors (Lipinski definition) is 4. The van der Waals surface area contributed by atoms with E-state index < -0.39 is 12.4 Å². The second kappa shape index (κ2) is 7.65. The summed E-state index contributed by atoms with van der Waals surface area (Å²) >= 11 is 0. The molecule has 5 nitrogen and oxygen atoms in total. The quantitative estimate of drug-likeness (QED) is 0.579. The molecular formula is C12H17NO4. The van der Waals surface area contributed by atoms with Gasteiger partial charge in [0, 0.05) is 6.54 Å². The molecule has 0 aliphatic rings. The SMILES string of the molecule is CC(O)OCCNC(=O)OCc1ccccc1. The fourth-order valence-corrected chi connectivity index (χ4v) is 1.16. The van der Waals surface area contributed by atoms with Crippen LogP contribution in [-0.4, -0.2) is 30.6 Å². The molecule has 1 atom stereocenters. The summed E-state index contributed by atoms with van der Waals surface area (Å²) in [6.07, 6.45) is -1.32. The van der Waals surface area contributed by atoms with E-state index >= 15 is 0 Å². The van der Waals surface area contributed by atoms with E-state index in [2.05, 4.69) is 5.32 Å². The monoisotopic (exact) mass is 239 g/mol. The molecule has 1 rings (SSSR count). The number of rotatable bonds is 6. The third-order valence-corrected chi connectivity index (χ3v) is 1.94. The van der Waals surface area contributed by atoms with Gasteiger partial charge in [-0.15, -0.1) is 0 Å². The highest BCUT2D eigenvalue weighted by Gasteiger charge is 2.02. The molecule has 0 aliphatic heterocycles. The molecule has 0 aromatic heterocycles. The summed E-state index contributed by atoms with van der Waals surface area (Å²) in [6.45, 7) is 2.30. The summed E-state index contributed by atoms with van der Waals surface area (Å²) in [4.78, 5) is 11.2. The van der Waals surface area contributed by atoms with Gasteiger partial charge in [0.2, 0.25) is 0 Å². The van der Waals surface area contributed by atoms with Gasteiger partial charge in [-0.3, -0.25) is 0 Å². The third kappa shape index (κ3) is 6.55. The van der Waals surface area contributed by atoms with Crippen molar-refractivity contribution < 1.29 is 19.4 Å². The average Bonchev–Trinajstić information content (AvgIpc) is 2.33. The zero-order chi connectivity index (χ0) is 12.5. The molecule has 0 saturated carbocycles. The molecule has 94 valence electrons. The van der Waals surface area contributed by atoms with Gasteiger partial charge in [-0.05, 0) is 12.5 Å². The Bertz CT molecular complexity index is 327. The maximum absolute atomic E-state index is 11.2. The predicted octanol–water partition coefficient (Wildman–Crippen LogP) is 1.27. The topological polar surface area (TPSA) is 67.8 Å². The van der Waals surface area contributed by atoms with Gasteiger partial charge in [0.05, 0.1) is 6.61 Å². The molecule has 17 heavy (non-hydrogen) atoms. The number of aliphatic hydroxyl groups excluding tert-OH is 1. The van der Waals surface area contributed by atoms with Crippen LogP contribution in [0.5, 0.6) is 0 Å². The fourth-order valence-electron chi connectivity index (χ4n) is 1.16. The molecule has 1 unspecified atom stereocenters. The van der Waals surface area contributed by atoms with Gasteiger partial charge >= 0.3 is 6.09 Å². The summed E-state index contributed by atoms with van der Waals surface area (Å²) in [7, 11) is 0. The first-order valence-electron chi connectivity index (χ1n) is 5.42. The Morgan fingerprint density at radius 1 is 1.41 bits per heavy atom.